The maximum absolute atomic E-state index is 10.5. The van der Waals surface area contributed by atoms with Gasteiger partial charge in [-0.25, -0.2) is 0 Å². The van der Waals surface area contributed by atoms with Crippen LogP contribution >= 0.6 is 0 Å². The molecule has 0 aliphatic heterocycles. The molecule has 1 N–H and O–H groups in total. The van der Waals surface area contributed by atoms with Crippen LogP contribution in [0, 0.1) is 13.8 Å². The highest BCUT2D eigenvalue weighted by Crippen LogP contribution is 2.17. The van der Waals surface area contributed by atoms with Crippen LogP contribution in [0.4, 0.5) is 0 Å². The quantitative estimate of drug-likeness (QED) is 0.672. The molecule has 0 saturated heterocycles. The zero-order chi connectivity index (χ0) is 9.42. The van der Waals surface area contributed by atoms with E-state index in [1.807, 2.05) is 26.0 Å². The van der Waals surface area contributed by atoms with Crippen LogP contribution in [0.15, 0.2) is 12.1 Å². The summed E-state index contributed by atoms with van der Waals surface area (Å²) in [6.07, 6.45) is 0.814. The number of fused-ring (bicyclic) bond motifs is 1. The molecule has 13 heavy (non-hydrogen) atoms. The highest BCUT2D eigenvalue weighted by atomic mass is 16.1. The van der Waals surface area contributed by atoms with E-state index in [2.05, 4.69) is 9.97 Å². The van der Waals surface area contributed by atoms with Gasteiger partial charge in [-0.1, -0.05) is 0 Å². The number of aryl methyl sites for hydroxylation is 2. The first-order valence-electron chi connectivity index (χ1n) is 4.13. The number of rotatable bonds is 1. The van der Waals surface area contributed by atoms with Crippen molar-refractivity contribution < 1.29 is 4.79 Å². The Hall–Kier alpha value is -1.64. The van der Waals surface area contributed by atoms with Gasteiger partial charge in [0.25, 0.3) is 0 Å². The standard InChI is InChI=1S/C10H10N2O/c1-6-3-8-4-9(5-13)12-10(8)7(2)11-6/h3-5,12H,1-2H3. The van der Waals surface area contributed by atoms with E-state index in [4.69, 9.17) is 0 Å². The van der Waals surface area contributed by atoms with E-state index in [1.54, 1.807) is 0 Å². The summed E-state index contributed by atoms with van der Waals surface area (Å²) in [6.45, 7) is 3.88. The number of aromatic amines is 1. The molecular formula is C10H10N2O. The maximum Gasteiger partial charge on any atom is 0.166 e. The minimum Gasteiger partial charge on any atom is -0.351 e. The number of hydrogen-bond acceptors (Lipinski definition) is 2. The molecule has 66 valence electrons. The van der Waals surface area contributed by atoms with Gasteiger partial charge >= 0.3 is 0 Å². The number of aldehydes is 1. The molecule has 0 aliphatic carbocycles. The summed E-state index contributed by atoms with van der Waals surface area (Å²) in [6, 6.07) is 3.80. The highest BCUT2D eigenvalue weighted by molar-refractivity contribution is 5.89. The second kappa shape index (κ2) is 2.69. The first-order chi connectivity index (χ1) is 6.20. The van der Waals surface area contributed by atoms with Crippen LogP contribution in [0.25, 0.3) is 10.9 Å². The fourth-order valence-electron chi connectivity index (χ4n) is 1.55. The summed E-state index contributed by atoms with van der Waals surface area (Å²) >= 11 is 0. The van der Waals surface area contributed by atoms with Crippen molar-refractivity contribution in [2.24, 2.45) is 0 Å². The van der Waals surface area contributed by atoms with Gasteiger partial charge in [-0.3, -0.25) is 9.78 Å². The smallest absolute Gasteiger partial charge is 0.166 e. The van der Waals surface area contributed by atoms with Gasteiger partial charge in [-0.2, -0.15) is 0 Å². The van der Waals surface area contributed by atoms with E-state index in [9.17, 15) is 4.79 Å². The first kappa shape index (κ1) is 7.98. The van der Waals surface area contributed by atoms with Crippen molar-refractivity contribution in [3.63, 3.8) is 0 Å². The molecule has 0 amide bonds. The Kier molecular flexibility index (Phi) is 1.65. The molecule has 0 atom stereocenters. The Bertz CT molecular complexity index is 471. The van der Waals surface area contributed by atoms with E-state index in [0.29, 0.717) is 5.69 Å². The number of pyridine rings is 1. The lowest BCUT2D eigenvalue weighted by molar-refractivity contribution is 0.112. The van der Waals surface area contributed by atoms with E-state index >= 15 is 0 Å². The fraction of sp³-hybridized carbons (Fsp3) is 0.200. The van der Waals surface area contributed by atoms with Crippen molar-refractivity contribution in [2.75, 3.05) is 0 Å². The normalized spacial score (nSPS) is 10.6. The molecule has 2 aromatic rings. The van der Waals surface area contributed by atoms with Crippen LogP contribution in [0.5, 0.6) is 0 Å². The van der Waals surface area contributed by atoms with Crippen molar-refractivity contribution in [1.29, 1.82) is 0 Å². The van der Waals surface area contributed by atoms with Crippen LogP contribution in [0.3, 0.4) is 0 Å². The van der Waals surface area contributed by atoms with E-state index in [1.165, 1.54) is 0 Å². The third-order valence-corrected chi connectivity index (χ3v) is 2.07. The molecule has 0 aliphatic rings. The predicted octanol–water partition coefficient (Wildman–Crippen LogP) is 1.99. The lowest BCUT2D eigenvalue weighted by atomic mass is 10.2. The molecule has 3 heteroatoms. The first-order valence-corrected chi connectivity index (χ1v) is 4.13. The number of H-pyrrole nitrogens is 1. The molecule has 0 unspecified atom stereocenters. The van der Waals surface area contributed by atoms with Gasteiger partial charge in [-0.15, -0.1) is 0 Å². The number of carbonyl (C=O) groups excluding carboxylic acids is 1. The molecule has 2 rings (SSSR count). The third-order valence-electron chi connectivity index (χ3n) is 2.07. The Balaban J connectivity index is 2.82. The second-order valence-electron chi connectivity index (χ2n) is 3.16. The minimum atomic E-state index is 0.602. The molecule has 0 radical (unpaired) electrons. The summed E-state index contributed by atoms with van der Waals surface area (Å²) < 4.78 is 0. The molecule has 0 bridgehead atoms. The zero-order valence-electron chi connectivity index (χ0n) is 7.59. The largest absolute Gasteiger partial charge is 0.351 e. The zero-order valence-corrected chi connectivity index (χ0v) is 7.59. The van der Waals surface area contributed by atoms with E-state index < -0.39 is 0 Å². The predicted molar refractivity (Wildman–Crippen MR) is 51.0 cm³/mol. The minimum absolute atomic E-state index is 0.602. The molecule has 0 spiro atoms. The Labute approximate surface area is 75.8 Å². The van der Waals surface area contributed by atoms with E-state index in [0.717, 1.165) is 28.6 Å². The van der Waals surface area contributed by atoms with Crippen molar-refractivity contribution in [1.82, 2.24) is 9.97 Å². The number of aromatic nitrogens is 2. The monoisotopic (exact) mass is 174 g/mol. The molecule has 2 aromatic heterocycles. The summed E-state index contributed by atoms with van der Waals surface area (Å²) in [4.78, 5) is 17.8. The summed E-state index contributed by atoms with van der Waals surface area (Å²) in [5, 5.41) is 1.05. The molecule has 0 fully saturated rings. The average molecular weight is 174 g/mol. The lowest BCUT2D eigenvalue weighted by Gasteiger charge is -1.96. The number of hydrogen-bond donors (Lipinski definition) is 1. The maximum atomic E-state index is 10.5. The van der Waals surface area contributed by atoms with Crippen LogP contribution in [-0.4, -0.2) is 16.3 Å². The van der Waals surface area contributed by atoms with Gasteiger partial charge in [-0.05, 0) is 26.0 Å². The van der Waals surface area contributed by atoms with Crippen molar-refractivity contribution in [3.8, 4) is 0 Å². The van der Waals surface area contributed by atoms with Crippen LogP contribution in [0.1, 0.15) is 21.9 Å². The van der Waals surface area contributed by atoms with E-state index in [-0.39, 0.29) is 0 Å². The Morgan fingerprint density at radius 1 is 1.38 bits per heavy atom. The number of carbonyl (C=O) groups is 1. The van der Waals surface area contributed by atoms with Gasteiger partial charge in [0.05, 0.1) is 16.9 Å². The summed E-state index contributed by atoms with van der Waals surface area (Å²) in [5.74, 6) is 0. The van der Waals surface area contributed by atoms with Crippen molar-refractivity contribution in [2.45, 2.75) is 13.8 Å². The molecule has 0 aromatic carbocycles. The summed E-state index contributed by atoms with van der Waals surface area (Å²) in [7, 11) is 0. The van der Waals surface area contributed by atoms with Crippen molar-refractivity contribution >= 4 is 17.2 Å². The SMILES string of the molecule is Cc1cc2cc(C=O)[nH]c2c(C)n1. The fourth-order valence-corrected chi connectivity index (χ4v) is 1.55. The van der Waals surface area contributed by atoms with Gasteiger partial charge in [0.2, 0.25) is 0 Å². The number of nitrogens with zero attached hydrogens (tertiary/aromatic N) is 1. The average Bonchev–Trinajstić information content (AvgIpc) is 2.47. The van der Waals surface area contributed by atoms with Gasteiger partial charge in [0, 0.05) is 11.1 Å². The van der Waals surface area contributed by atoms with Crippen molar-refractivity contribution in [3.05, 3.63) is 29.2 Å². The van der Waals surface area contributed by atoms with Gasteiger partial charge in [0.15, 0.2) is 6.29 Å². The third kappa shape index (κ3) is 1.22. The topological polar surface area (TPSA) is 45.8 Å². The van der Waals surface area contributed by atoms with Crippen LogP contribution < -0.4 is 0 Å². The molecule has 2 heterocycles. The Morgan fingerprint density at radius 2 is 2.15 bits per heavy atom. The molecule has 0 saturated carbocycles. The molecular weight excluding hydrogens is 164 g/mol. The lowest BCUT2D eigenvalue weighted by Crippen LogP contribution is -1.86. The highest BCUT2D eigenvalue weighted by Gasteiger charge is 2.03. The Morgan fingerprint density at radius 3 is 2.85 bits per heavy atom. The van der Waals surface area contributed by atoms with Gasteiger partial charge in [0.1, 0.15) is 0 Å². The van der Waals surface area contributed by atoms with Crippen LogP contribution in [0.2, 0.25) is 0 Å². The number of nitrogens with one attached hydrogen (secondary N) is 1. The second-order valence-corrected chi connectivity index (χ2v) is 3.16. The van der Waals surface area contributed by atoms with Crippen LogP contribution in [-0.2, 0) is 0 Å². The molecule has 3 nitrogen and oxygen atoms in total. The van der Waals surface area contributed by atoms with Gasteiger partial charge < -0.3 is 4.98 Å². The summed E-state index contributed by atoms with van der Waals surface area (Å²) in [5.41, 5.74) is 3.46.